The van der Waals surface area contributed by atoms with Gasteiger partial charge in [-0.3, -0.25) is 14.0 Å². The van der Waals surface area contributed by atoms with Crippen LogP contribution in [0, 0.1) is 13.8 Å². The van der Waals surface area contributed by atoms with E-state index in [1.807, 2.05) is 26.0 Å². The summed E-state index contributed by atoms with van der Waals surface area (Å²) < 4.78 is 12.2. The third-order valence-corrected chi connectivity index (χ3v) is 5.01. The summed E-state index contributed by atoms with van der Waals surface area (Å²) in [5.74, 6) is 0.414. The van der Waals surface area contributed by atoms with Crippen molar-refractivity contribution in [3.05, 3.63) is 40.0 Å². The summed E-state index contributed by atoms with van der Waals surface area (Å²) in [6, 6.07) is 3.99. The van der Waals surface area contributed by atoms with Gasteiger partial charge < -0.3 is 9.47 Å². The maximum absolute atomic E-state index is 11.8. The zero-order chi connectivity index (χ0) is 18.8. The van der Waals surface area contributed by atoms with Gasteiger partial charge in [0.1, 0.15) is 17.1 Å². The molecule has 0 saturated heterocycles. The number of benzene rings is 1. The van der Waals surface area contributed by atoms with Crippen molar-refractivity contribution in [1.29, 1.82) is 0 Å². The van der Waals surface area contributed by atoms with Crippen molar-refractivity contribution >= 4 is 28.6 Å². The monoisotopic (exact) mass is 372 g/mol. The standard InChI is InChI=1S/C19H20N2O4S/c1-5-25-16(23)8-13-9-21-15(10-22)17(20-19(21)26-13)14-7-11(2)6-12(3)18(14)24-4/h6-7,9-10H,5,8H2,1-4H3. The molecule has 0 aliphatic carbocycles. The largest absolute Gasteiger partial charge is 0.496 e. The molecule has 26 heavy (non-hydrogen) atoms. The number of nitrogens with zero attached hydrogens (tertiary/aromatic N) is 2. The Labute approximate surface area is 155 Å². The molecule has 7 heteroatoms. The van der Waals surface area contributed by atoms with Crippen molar-refractivity contribution in [2.45, 2.75) is 27.2 Å². The fourth-order valence-electron chi connectivity index (χ4n) is 3.06. The number of hydrogen-bond donors (Lipinski definition) is 0. The minimum absolute atomic E-state index is 0.169. The van der Waals surface area contributed by atoms with E-state index in [1.54, 1.807) is 24.6 Å². The van der Waals surface area contributed by atoms with Gasteiger partial charge in [0.15, 0.2) is 11.2 Å². The predicted molar refractivity (Wildman–Crippen MR) is 100 cm³/mol. The normalized spacial score (nSPS) is 10.9. The van der Waals surface area contributed by atoms with E-state index < -0.39 is 0 Å². The van der Waals surface area contributed by atoms with Crippen LogP contribution in [0.3, 0.4) is 0 Å². The summed E-state index contributed by atoms with van der Waals surface area (Å²) in [5.41, 5.74) is 3.86. The number of hydrogen-bond acceptors (Lipinski definition) is 6. The maximum atomic E-state index is 11.8. The molecule has 0 amide bonds. The van der Waals surface area contributed by atoms with Gasteiger partial charge >= 0.3 is 5.97 Å². The number of fused-ring (bicyclic) bond motifs is 1. The number of rotatable bonds is 6. The summed E-state index contributed by atoms with van der Waals surface area (Å²) in [6.07, 6.45) is 2.72. The number of aromatic nitrogens is 2. The first kappa shape index (κ1) is 18.1. The number of esters is 1. The van der Waals surface area contributed by atoms with E-state index in [4.69, 9.17) is 9.47 Å². The molecule has 6 nitrogen and oxygen atoms in total. The van der Waals surface area contributed by atoms with Gasteiger partial charge in [-0.1, -0.05) is 6.07 Å². The van der Waals surface area contributed by atoms with Crippen molar-refractivity contribution in [3.8, 4) is 17.0 Å². The van der Waals surface area contributed by atoms with Crippen molar-refractivity contribution in [3.63, 3.8) is 0 Å². The van der Waals surface area contributed by atoms with Crippen LogP contribution in [0.15, 0.2) is 18.3 Å². The third-order valence-electron chi connectivity index (χ3n) is 4.02. The molecule has 0 spiro atoms. The molecule has 0 N–H and O–H groups in total. The lowest BCUT2D eigenvalue weighted by atomic mass is 10.0. The average Bonchev–Trinajstić information content (AvgIpc) is 3.10. The molecule has 3 rings (SSSR count). The Morgan fingerprint density at radius 2 is 2.12 bits per heavy atom. The average molecular weight is 372 g/mol. The van der Waals surface area contributed by atoms with Gasteiger partial charge in [-0.15, -0.1) is 11.3 Å². The van der Waals surface area contributed by atoms with Crippen molar-refractivity contribution < 1.29 is 19.1 Å². The molecule has 2 aromatic heterocycles. The molecule has 0 atom stereocenters. The molecule has 0 unspecified atom stereocenters. The van der Waals surface area contributed by atoms with Crippen LogP contribution in [0.2, 0.25) is 0 Å². The van der Waals surface area contributed by atoms with Gasteiger partial charge in [-0.05, 0) is 38.0 Å². The fraction of sp³-hybridized carbons (Fsp3) is 0.316. The summed E-state index contributed by atoms with van der Waals surface area (Å²) in [4.78, 5) is 29.6. The predicted octanol–water partition coefficient (Wildman–Crippen LogP) is 3.61. The van der Waals surface area contributed by atoms with Gasteiger partial charge in [0.2, 0.25) is 0 Å². The number of aldehydes is 1. The van der Waals surface area contributed by atoms with E-state index >= 15 is 0 Å². The van der Waals surface area contributed by atoms with E-state index in [-0.39, 0.29) is 12.4 Å². The van der Waals surface area contributed by atoms with Gasteiger partial charge in [0.25, 0.3) is 0 Å². The summed E-state index contributed by atoms with van der Waals surface area (Å²) in [6.45, 7) is 6.07. The second-order valence-electron chi connectivity index (χ2n) is 5.96. The summed E-state index contributed by atoms with van der Waals surface area (Å²) >= 11 is 1.37. The minimum atomic E-state index is -0.291. The molecule has 0 radical (unpaired) electrons. The molecule has 0 saturated carbocycles. The molecule has 0 fully saturated rings. The lowest BCUT2D eigenvalue weighted by molar-refractivity contribution is -0.142. The zero-order valence-electron chi connectivity index (χ0n) is 15.2. The van der Waals surface area contributed by atoms with Crippen LogP contribution >= 0.6 is 11.3 Å². The maximum Gasteiger partial charge on any atom is 0.311 e. The van der Waals surface area contributed by atoms with Crippen molar-refractivity contribution in [1.82, 2.24) is 9.38 Å². The van der Waals surface area contributed by atoms with Crippen LogP contribution in [0.1, 0.15) is 33.4 Å². The van der Waals surface area contributed by atoms with E-state index in [1.165, 1.54) is 11.3 Å². The highest BCUT2D eigenvalue weighted by molar-refractivity contribution is 7.17. The quantitative estimate of drug-likeness (QED) is 0.488. The lowest BCUT2D eigenvalue weighted by Crippen LogP contribution is -2.06. The molecule has 2 heterocycles. The molecule has 0 aliphatic heterocycles. The number of methoxy groups -OCH3 is 1. The third kappa shape index (κ3) is 3.22. The number of carbonyl (C=O) groups excluding carboxylic acids is 2. The van der Waals surface area contributed by atoms with Crippen LogP contribution < -0.4 is 4.74 Å². The molecule has 3 aromatic rings. The number of carbonyl (C=O) groups is 2. The fourth-order valence-corrected chi connectivity index (χ4v) is 4.03. The molecule has 1 aromatic carbocycles. The second kappa shape index (κ2) is 7.29. The Morgan fingerprint density at radius 3 is 2.77 bits per heavy atom. The molecule has 136 valence electrons. The second-order valence-corrected chi connectivity index (χ2v) is 7.05. The highest BCUT2D eigenvalue weighted by atomic mass is 32.1. The minimum Gasteiger partial charge on any atom is -0.496 e. The lowest BCUT2D eigenvalue weighted by Gasteiger charge is -2.11. The van der Waals surface area contributed by atoms with Crippen LogP contribution in [0.5, 0.6) is 5.75 Å². The SMILES string of the molecule is CCOC(=O)Cc1cn2c(C=O)c(-c3cc(C)cc(C)c3OC)nc2s1. The Hall–Kier alpha value is -2.67. The Bertz CT molecular complexity index is 987. The highest BCUT2D eigenvalue weighted by Crippen LogP contribution is 2.36. The van der Waals surface area contributed by atoms with Gasteiger partial charge in [-0.25, -0.2) is 4.98 Å². The molecule has 0 aliphatic rings. The highest BCUT2D eigenvalue weighted by Gasteiger charge is 2.21. The van der Waals surface area contributed by atoms with Gasteiger partial charge in [-0.2, -0.15) is 0 Å². The Kier molecular flexibility index (Phi) is 5.08. The first-order valence-electron chi connectivity index (χ1n) is 8.25. The van der Waals surface area contributed by atoms with E-state index in [0.717, 1.165) is 27.9 Å². The Morgan fingerprint density at radius 1 is 1.35 bits per heavy atom. The van der Waals surface area contributed by atoms with E-state index in [2.05, 4.69) is 4.98 Å². The van der Waals surface area contributed by atoms with Crippen molar-refractivity contribution in [2.24, 2.45) is 0 Å². The van der Waals surface area contributed by atoms with Gasteiger partial charge in [0.05, 0.1) is 20.1 Å². The zero-order valence-corrected chi connectivity index (χ0v) is 16.0. The number of imidazole rings is 1. The number of aryl methyl sites for hydroxylation is 2. The molecule has 0 bridgehead atoms. The number of thiazole rings is 1. The summed E-state index contributed by atoms with van der Waals surface area (Å²) in [7, 11) is 1.61. The van der Waals surface area contributed by atoms with Crippen molar-refractivity contribution in [2.75, 3.05) is 13.7 Å². The van der Waals surface area contributed by atoms with Gasteiger partial charge in [0, 0.05) is 16.6 Å². The summed E-state index contributed by atoms with van der Waals surface area (Å²) in [5, 5.41) is 0. The first-order valence-corrected chi connectivity index (χ1v) is 9.07. The van der Waals surface area contributed by atoms with Crippen LogP contribution in [-0.2, 0) is 16.0 Å². The number of ether oxygens (including phenoxy) is 2. The topological polar surface area (TPSA) is 69.9 Å². The molecular formula is C19H20N2O4S. The Balaban J connectivity index is 2.10. The first-order chi connectivity index (χ1) is 12.5. The van der Waals surface area contributed by atoms with Crippen LogP contribution in [0.25, 0.3) is 16.2 Å². The van der Waals surface area contributed by atoms with E-state index in [0.29, 0.717) is 28.7 Å². The van der Waals surface area contributed by atoms with E-state index in [9.17, 15) is 9.59 Å². The smallest absolute Gasteiger partial charge is 0.311 e. The van der Waals surface area contributed by atoms with Crippen LogP contribution in [-0.4, -0.2) is 35.4 Å². The molecular weight excluding hydrogens is 352 g/mol. The van der Waals surface area contributed by atoms with Crippen LogP contribution in [0.4, 0.5) is 0 Å².